The first-order chi connectivity index (χ1) is 63.9. The number of carboxylic acid groups (broad SMARTS) is 3. The number of esters is 6. The van der Waals surface area contributed by atoms with Gasteiger partial charge in [-0.2, -0.15) is 6.92 Å². The van der Waals surface area contributed by atoms with Crippen LogP contribution >= 0.6 is 0 Å². The van der Waals surface area contributed by atoms with E-state index in [9.17, 15) is 92.0 Å². The molecule has 3 aliphatic heterocycles. The van der Waals surface area contributed by atoms with Gasteiger partial charge in [0.2, 0.25) is 24.5 Å². The van der Waals surface area contributed by atoms with E-state index in [1.165, 1.54) is 52.3 Å². The largest absolute Gasteiger partial charge is 1.00 e. The van der Waals surface area contributed by atoms with Crippen molar-refractivity contribution < 1.29 is 283 Å². The number of carbonyl (C=O) groups is 16. The third kappa shape index (κ3) is 43.7. The third-order valence-electron chi connectivity index (χ3n) is 22.9. The van der Waals surface area contributed by atoms with Gasteiger partial charge in [-0.3, -0.25) is 67.2 Å². The summed E-state index contributed by atoms with van der Waals surface area (Å²) in [5.41, 5.74) is 8.75. The first-order valence-corrected chi connectivity index (χ1v) is 45.1. The number of Topliss-reactive ketones (excluding diaryl/α,β-unsaturated/α-hetero) is 4. The molecule has 3 saturated heterocycles. The molecule has 18 unspecified atom stereocenters. The average molecular weight is 2010 g/mol. The average Bonchev–Trinajstić information content (AvgIpc) is 1.62. The molecule has 3 heterocycles. The monoisotopic (exact) mass is 2010 g/mol. The minimum Gasteiger partial charge on any atom is -0.870 e. The number of aryl methyl sites for hydroxylation is 2. The topological polar surface area (TPSA) is 565 Å². The number of aliphatic hydroxyl groups is 2. The number of carbonyl (C=O) groups excluding carboxylic acids is 16. The van der Waals surface area contributed by atoms with Crippen molar-refractivity contribution in [1.29, 1.82) is 0 Å². The smallest absolute Gasteiger partial charge is 0.870 e. The van der Waals surface area contributed by atoms with E-state index in [-0.39, 0.29) is 229 Å². The molecule has 7 rings (SSSR count). The number of likely N-dealkylation sites (tertiary alicyclic amines) is 1. The van der Waals surface area contributed by atoms with Gasteiger partial charge in [-0.05, 0) is 139 Å². The molecule has 140 heavy (non-hydrogen) atoms. The number of ketones is 4. The summed E-state index contributed by atoms with van der Waals surface area (Å²) in [5.74, 6) is -31.9. The Bertz CT molecular complexity index is 4460. The number of aliphatic hydroxyl groups excluding tert-OH is 2. The molecular weight excluding hydrogens is 1870 g/mol. The first-order valence-electron chi connectivity index (χ1n) is 45.1. The maximum absolute atomic E-state index is 14.9. The van der Waals surface area contributed by atoms with Gasteiger partial charge in [0.1, 0.15) is 18.1 Å². The molecule has 3 aliphatic rings. The van der Waals surface area contributed by atoms with Crippen molar-refractivity contribution >= 4 is 94.6 Å². The molecular formula is C99H140N3Na4O34-. The van der Waals surface area contributed by atoms with Gasteiger partial charge in [-0.15, -0.1) is 0 Å². The van der Waals surface area contributed by atoms with Gasteiger partial charge in [0.05, 0.1) is 116 Å². The minimum atomic E-state index is -2.11. The van der Waals surface area contributed by atoms with Gasteiger partial charge in [0, 0.05) is 120 Å². The van der Waals surface area contributed by atoms with Crippen LogP contribution < -0.4 is 154 Å². The number of imide groups is 1. The molecule has 0 bridgehead atoms. The zero-order valence-electron chi connectivity index (χ0n) is 85.9. The quantitative estimate of drug-likeness (QED) is 0.00467. The number of nitrogens with two attached hydrogens (primary N) is 1. The molecule has 0 saturated carbocycles. The van der Waals surface area contributed by atoms with Gasteiger partial charge < -0.3 is 120 Å². The zero-order chi connectivity index (χ0) is 102. The Labute approximate surface area is 910 Å². The number of amides is 3. The summed E-state index contributed by atoms with van der Waals surface area (Å²) in [7, 11) is 7.14. The second kappa shape index (κ2) is 73.1. The van der Waals surface area contributed by atoms with Crippen molar-refractivity contribution in [3.05, 3.63) is 137 Å². The summed E-state index contributed by atoms with van der Waals surface area (Å²) >= 11 is 0. The van der Waals surface area contributed by atoms with Crippen molar-refractivity contribution in [2.24, 2.45) is 94.5 Å². The SMILES string of the molecule is CC(C)CN.CCC(OC)C1C(=O)OC(=O)C1C.CCO.CCOC(=O)C(C(CC(C(=O)[O-])C(C(=O)OCOc1ccc(C(=O)CC(=O)c2ccc(C)cc2)cc1)C(CC)OC)OC)C(CC(OC)C1C(=O)N(CC(C)C)C(=O)C1CC(OC)C(C(=O)NCC(C)C)C(CC(OC)C1C(=O)OC(=O)C1C)C(=O)[O-])C(=O)[O-].Cc1ccc(C(=O)CC(=O)c2ccc(OCCO)cc2)cc1.[CH2-]C.[Na+].[Na+].[Na+].[Na+].[OH-]. The molecule has 0 aromatic heterocycles. The van der Waals surface area contributed by atoms with E-state index in [0.717, 1.165) is 51.0 Å². The van der Waals surface area contributed by atoms with Crippen molar-refractivity contribution in [3.8, 4) is 11.5 Å². The van der Waals surface area contributed by atoms with Crippen LogP contribution in [0.5, 0.6) is 11.5 Å². The van der Waals surface area contributed by atoms with E-state index in [0.29, 0.717) is 34.8 Å². The normalized spacial score (nSPS) is 18.1. The summed E-state index contributed by atoms with van der Waals surface area (Å²) < 4.78 is 64.8. The van der Waals surface area contributed by atoms with Crippen molar-refractivity contribution in [3.63, 3.8) is 0 Å². The molecule has 6 N–H and O–H groups in total. The molecule has 41 heteroatoms. The molecule has 0 spiro atoms. The van der Waals surface area contributed by atoms with Crippen LogP contribution in [-0.2, 0) is 105 Å². The first kappa shape index (κ1) is 139. The van der Waals surface area contributed by atoms with Crippen LogP contribution in [0.25, 0.3) is 0 Å². The number of nitrogens with one attached hydrogen (secondary N) is 1. The zero-order valence-corrected chi connectivity index (χ0v) is 93.9. The minimum absolute atomic E-state index is 0. The number of hydrogen-bond donors (Lipinski definition) is 4. The van der Waals surface area contributed by atoms with E-state index >= 15 is 0 Å². The van der Waals surface area contributed by atoms with Crippen LogP contribution in [0.3, 0.4) is 0 Å². The number of cyclic esters (lactones) is 4. The molecule has 760 valence electrons. The standard InChI is InChI=1S/C64H88N2O24.C18H18O4.C9H14O4.C4H11N.C2H6O.C2H5.4Na.H2O/c1-14-45(82-9)53(63(80)89-31-88-38-22-20-37(21-23-38)44(68)28-43(67)36-18-16-34(7)17-19-36)41(59(74)75)27-49(86-13)54(62(79)87-15-2)42(60(76)77)26-48(85-12)52-39(56(70)66(57(52)71)30-33(5)6)24-47(84-11)51(55(69)65-29-32(3)4)40(58(72)73)25-46(83-10)50-35(8)61(78)90-64(50)81;1-13-2-4-14(5-3-13)17(20)12-18(21)15-6-8-16(9-7-15)22-11-10-19;1-4-6(12-3)7-5(2)8(10)13-9(7)11;1-4(2)3-5;1-2-3;1-2;;;;;/h16-23,32-33,35,39-42,45-54H,14-15,24-31H2,1-13H3,(H,65,69)(H,72,73)(H,74,75)(H,76,77);2-9,19H,10-12H2,1H3;5-7H,4H2,1-3H3;4H,3,5H2,1-2H3;3H,2H2,1H3;1H2,2H3;;;;;1H2/q;;;;;-1;4*+1;/p-4. The van der Waals surface area contributed by atoms with E-state index in [4.69, 9.17) is 68.1 Å². The maximum Gasteiger partial charge on any atom is 1.00 e. The molecule has 4 aromatic carbocycles. The molecule has 37 nitrogen and oxygen atoms in total. The Morgan fingerprint density at radius 3 is 1.15 bits per heavy atom. The number of rotatable bonds is 51. The Morgan fingerprint density at radius 2 is 0.821 bits per heavy atom. The van der Waals surface area contributed by atoms with Crippen LogP contribution in [0.4, 0.5) is 0 Å². The second-order valence-corrected chi connectivity index (χ2v) is 33.6. The third-order valence-corrected chi connectivity index (χ3v) is 22.9. The van der Waals surface area contributed by atoms with Crippen molar-refractivity contribution in [2.45, 2.75) is 192 Å². The fourth-order valence-electron chi connectivity index (χ4n) is 15.5. The van der Waals surface area contributed by atoms with E-state index < -0.39 is 212 Å². The molecule has 0 aliphatic carbocycles. The number of benzene rings is 4. The maximum atomic E-state index is 14.9. The molecule has 18 atom stereocenters. The summed E-state index contributed by atoms with van der Waals surface area (Å²) in [4.78, 5) is 211. The van der Waals surface area contributed by atoms with Gasteiger partial charge in [-0.25, -0.2) is 0 Å². The van der Waals surface area contributed by atoms with Crippen molar-refractivity contribution in [2.75, 3.05) is 95.5 Å². The van der Waals surface area contributed by atoms with E-state index in [2.05, 4.69) is 30.8 Å². The predicted molar refractivity (Wildman–Crippen MR) is 486 cm³/mol. The number of hydrogen-bond acceptors (Lipinski definition) is 35. The van der Waals surface area contributed by atoms with Crippen LogP contribution in [0.2, 0.25) is 0 Å². The molecule has 3 fully saturated rings. The number of carboxylic acids is 3. The summed E-state index contributed by atoms with van der Waals surface area (Å²) in [5, 5.41) is 59.4. The van der Waals surface area contributed by atoms with Crippen LogP contribution in [0.1, 0.15) is 194 Å². The molecule has 0 radical (unpaired) electrons. The van der Waals surface area contributed by atoms with Crippen LogP contribution in [0.15, 0.2) is 97.1 Å². The fourth-order valence-corrected chi connectivity index (χ4v) is 15.5. The van der Waals surface area contributed by atoms with Crippen LogP contribution in [0, 0.1) is 110 Å². The summed E-state index contributed by atoms with van der Waals surface area (Å²) in [6, 6.07) is 26.0. The molecule has 3 amide bonds. The fraction of sp³-hybridized carbons (Fsp3) is 0.586. The number of methoxy groups -OCH3 is 6. The summed E-state index contributed by atoms with van der Waals surface area (Å²) in [6.07, 6.45) is -10.6. The number of aliphatic carboxylic acids is 3. The van der Waals surface area contributed by atoms with Gasteiger partial charge >= 0.3 is 154 Å². The van der Waals surface area contributed by atoms with Gasteiger partial charge in [0.15, 0.2) is 23.1 Å². The predicted octanol–water partition coefficient (Wildman–Crippen LogP) is -5.90. The second-order valence-electron chi connectivity index (χ2n) is 33.6. The number of ether oxygens (including phenoxy) is 12. The Morgan fingerprint density at radius 1 is 0.464 bits per heavy atom. The van der Waals surface area contributed by atoms with Gasteiger partial charge in [-0.1, -0.05) is 129 Å². The Kier molecular flexibility index (Phi) is 72.7. The molecule has 4 aromatic rings. The Balaban J connectivity index is -0.00000150. The number of nitrogens with zero attached hydrogens (tertiary/aromatic N) is 1. The van der Waals surface area contributed by atoms with Crippen molar-refractivity contribution in [1.82, 2.24) is 10.2 Å². The van der Waals surface area contributed by atoms with E-state index in [1.807, 2.05) is 32.9 Å². The van der Waals surface area contributed by atoms with E-state index in [1.54, 1.807) is 116 Å². The van der Waals surface area contributed by atoms with Gasteiger partial charge in [0.25, 0.3) is 0 Å². The Hall–Kier alpha value is -7.00. The summed E-state index contributed by atoms with van der Waals surface area (Å²) in [6.45, 7) is 29.5. The van der Waals surface area contributed by atoms with Crippen LogP contribution in [-0.4, -0.2) is 247 Å².